The Balaban J connectivity index is 1.62. The van der Waals surface area contributed by atoms with Crippen molar-refractivity contribution in [1.82, 2.24) is 5.32 Å². The van der Waals surface area contributed by atoms with Gasteiger partial charge in [-0.05, 0) is 53.3 Å². The van der Waals surface area contributed by atoms with Gasteiger partial charge in [0.15, 0.2) is 6.10 Å². The van der Waals surface area contributed by atoms with Gasteiger partial charge in [0.2, 0.25) is 0 Å². The third-order valence-electron chi connectivity index (χ3n) is 5.04. The summed E-state index contributed by atoms with van der Waals surface area (Å²) in [7, 11) is 0. The smallest absolute Gasteiger partial charge is 0.261 e. The molecule has 1 N–H and O–H groups in total. The second kappa shape index (κ2) is 8.05. The minimum absolute atomic E-state index is 0.0795. The summed E-state index contributed by atoms with van der Waals surface area (Å²) in [5, 5.41) is 5.30. The van der Waals surface area contributed by atoms with E-state index in [1.165, 1.54) is 5.56 Å². The quantitative estimate of drug-likeness (QED) is 0.614. The van der Waals surface area contributed by atoms with Gasteiger partial charge in [-0.2, -0.15) is 0 Å². The number of amides is 1. The number of carbonyl (C=O) groups excluding carboxylic acids is 1. The number of hydrogen-bond acceptors (Lipinski definition) is 2. The van der Waals surface area contributed by atoms with Crippen LogP contribution in [0.15, 0.2) is 66.7 Å². The monoisotopic (exact) mass is 375 g/mol. The topological polar surface area (TPSA) is 38.3 Å². The molecule has 0 aromatic heterocycles. The number of ether oxygens (including phenoxy) is 1. The van der Waals surface area contributed by atoms with Gasteiger partial charge in [0, 0.05) is 0 Å². The summed E-state index contributed by atoms with van der Waals surface area (Å²) in [5.74, 6) is 0.573. The summed E-state index contributed by atoms with van der Waals surface area (Å²) in [6.07, 6.45) is -0.572. The zero-order valence-electron chi connectivity index (χ0n) is 17.3. The van der Waals surface area contributed by atoms with E-state index in [1.807, 2.05) is 43.3 Å². The molecular formula is C25H29NO2. The van der Waals surface area contributed by atoms with Crippen LogP contribution in [0.25, 0.3) is 10.8 Å². The van der Waals surface area contributed by atoms with Crippen LogP contribution >= 0.6 is 0 Å². The fourth-order valence-electron chi connectivity index (χ4n) is 3.18. The lowest BCUT2D eigenvalue weighted by atomic mass is 9.86. The molecule has 0 aliphatic carbocycles. The van der Waals surface area contributed by atoms with Gasteiger partial charge in [-0.15, -0.1) is 0 Å². The molecule has 0 bridgehead atoms. The average Bonchev–Trinajstić information content (AvgIpc) is 2.67. The zero-order chi connectivity index (χ0) is 20.3. The molecule has 3 heteroatoms. The van der Waals surface area contributed by atoms with Crippen molar-refractivity contribution in [3.05, 3.63) is 77.9 Å². The third-order valence-corrected chi connectivity index (χ3v) is 5.04. The van der Waals surface area contributed by atoms with Gasteiger partial charge in [0.1, 0.15) is 5.75 Å². The van der Waals surface area contributed by atoms with E-state index in [-0.39, 0.29) is 17.4 Å². The van der Waals surface area contributed by atoms with Crippen molar-refractivity contribution < 1.29 is 9.53 Å². The summed E-state index contributed by atoms with van der Waals surface area (Å²) in [4.78, 5) is 12.6. The van der Waals surface area contributed by atoms with E-state index in [0.29, 0.717) is 5.75 Å². The van der Waals surface area contributed by atoms with E-state index in [4.69, 9.17) is 4.74 Å². The molecule has 3 rings (SSSR count). The Bertz CT molecular complexity index is 954. The fourth-order valence-corrected chi connectivity index (χ4v) is 3.18. The lowest BCUT2D eigenvalue weighted by Gasteiger charge is -2.22. The summed E-state index contributed by atoms with van der Waals surface area (Å²) < 4.78 is 5.87. The minimum atomic E-state index is -0.572. The Labute approximate surface area is 167 Å². The van der Waals surface area contributed by atoms with Crippen LogP contribution in [0.5, 0.6) is 5.75 Å². The van der Waals surface area contributed by atoms with E-state index in [0.717, 1.165) is 16.3 Å². The highest BCUT2D eigenvalue weighted by molar-refractivity contribution is 5.84. The molecule has 0 saturated heterocycles. The number of rotatable bonds is 5. The summed E-state index contributed by atoms with van der Waals surface area (Å²) in [5.41, 5.74) is 2.48. The first-order valence-electron chi connectivity index (χ1n) is 9.80. The van der Waals surface area contributed by atoms with Gasteiger partial charge < -0.3 is 10.1 Å². The maximum Gasteiger partial charge on any atom is 0.261 e. The fraction of sp³-hybridized carbons (Fsp3) is 0.320. The van der Waals surface area contributed by atoms with Gasteiger partial charge in [0.25, 0.3) is 5.91 Å². The van der Waals surface area contributed by atoms with Crippen LogP contribution in [-0.2, 0) is 10.2 Å². The molecule has 0 unspecified atom stereocenters. The number of fused-ring (bicyclic) bond motifs is 1. The molecule has 3 nitrogen and oxygen atoms in total. The predicted octanol–water partition coefficient (Wildman–Crippen LogP) is 5.78. The molecule has 1 amide bonds. The van der Waals surface area contributed by atoms with Crippen LogP contribution in [0.4, 0.5) is 0 Å². The first-order valence-corrected chi connectivity index (χ1v) is 9.80. The number of nitrogens with one attached hydrogen (secondary N) is 1. The van der Waals surface area contributed by atoms with Gasteiger partial charge in [-0.1, -0.05) is 75.4 Å². The number of benzene rings is 3. The Morgan fingerprint density at radius 3 is 2.18 bits per heavy atom. The first-order chi connectivity index (χ1) is 13.2. The summed E-state index contributed by atoms with van der Waals surface area (Å²) >= 11 is 0. The zero-order valence-corrected chi connectivity index (χ0v) is 17.3. The molecule has 3 aromatic carbocycles. The van der Waals surface area contributed by atoms with Crippen molar-refractivity contribution in [2.45, 2.75) is 52.2 Å². The van der Waals surface area contributed by atoms with Gasteiger partial charge in [0.05, 0.1) is 6.04 Å². The highest BCUT2D eigenvalue weighted by Crippen LogP contribution is 2.24. The van der Waals surface area contributed by atoms with Crippen LogP contribution in [0.2, 0.25) is 0 Å². The molecule has 3 aromatic rings. The van der Waals surface area contributed by atoms with Crippen molar-refractivity contribution in [3.8, 4) is 5.75 Å². The highest BCUT2D eigenvalue weighted by Gasteiger charge is 2.19. The number of carbonyl (C=O) groups is 1. The third kappa shape index (κ3) is 4.72. The van der Waals surface area contributed by atoms with Crippen molar-refractivity contribution in [3.63, 3.8) is 0 Å². The Morgan fingerprint density at radius 1 is 0.893 bits per heavy atom. The first kappa shape index (κ1) is 19.9. The molecule has 0 fully saturated rings. The lowest BCUT2D eigenvalue weighted by Crippen LogP contribution is -2.37. The van der Waals surface area contributed by atoms with Gasteiger partial charge in [-0.3, -0.25) is 4.79 Å². The van der Waals surface area contributed by atoms with E-state index >= 15 is 0 Å². The molecular weight excluding hydrogens is 346 g/mol. The second-order valence-corrected chi connectivity index (χ2v) is 8.37. The molecule has 0 radical (unpaired) electrons. The number of hydrogen-bond donors (Lipinski definition) is 1. The molecule has 0 heterocycles. The lowest BCUT2D eigenvalue weighted by molar-refractivity contribution is -0.127. The van der Waals surface area contributed by atoms with Crippen molar-refractivity contribution in [1.29, 1.82) is 0 Å². The minimum Gasteiger partial charge on any atom is -0.481 e. The average molecular weight is 376 g/mol. The van der Waals surface area contributed by atoms with Crippen LogP contribution in [0.1, 0.15) is 51.8 Å². The van der Waals surface area contributed by atoms with Crippen molar-refractivity contribution >= 4 is 16.7 Å². The van der Waals surface area contributed by atoms with Crippen LogP contribution in [0, 0.1) is 0 Å². The molecule has 28 heavy (non-hydrogen) atoms. The second-order valence-electron chi connectivity index (χ2n) is 8.37. The standard InChI is InChI=1S/C25H29NO2/c1-17(19-10-13-22(14-11-19)25(3,4)5)26-24(27)18(2)28-23-15-12-20-8-6-7-9-21(20)16-23/h6-18H,1-5H3,(H,26,27)/t17-,18-/m0/s1. The molecule has 0 spiro atoms. The molecule has 2 atom stereocenters. The van der Waals surface area contributed by atoms with Gasteiger partial charge in [-0.25, -0.2) is 0 Å². The summed E-state index contributed by atoms with van der Waals surface area (Å²) in [6.45, 7) is 10.4. The molecule has 0 aliphatic rings. The largest absolute Gasteiger partial charge is 0.481 e. The maximum absolute atomic E-state index is 12.6. The highest BCUT2D eigenvalue weighted by atomic mass is 16.5. The maximum atomic E-state index is 12.6. The van der Waals surface area contributed by atoms with Crippen molar-refractivity contribution in [2.24, 2.45) is 0 Å². The van der Waals surface area contributed by atoms with Crippen LogP contribution in [-0.4, -0.2) is 12.0 Å². The van der Waals surface area contributed by atoms with E-state index in [2.05, 4.69) is 56.4 Å². The summed E-state index contributed by atoms with van der Waals surface area (Å²) in [6, 6.07) is 22.3. The van der Waals surface area contributed by atoms with Crippen molar-refractivity contribution in [2.75, 3.05) is 0 Å². The van der Waals surface area contributed by atoms with Crippen LogP contribution in [0.3, 0.4) is 0 Å². The Hall–Kier alpha value is -2.81. The Kier molecular flexibility index (Phi) is 5.73. The molecule has 0 saturated carbocycles. The van der Waals surface area contributed by atoms with Gasteiger partial charge >= 0.3 is 0 Å². The van der Waals surface area contributed by atoms with E-state index < -0.39 is 6.10 Å². The molecule has 146 valence electrons. The predicted molar refractivity (Wildman–Crippen MR) is 116 cm³/mol. The SMILES string of the molecule is C[C@H](Oc1ccc2ccccc2c1)C(=O)N[C@@H](C)c1ccc(C(C)(C)C)cc1. The van der Waals surface area contributed by atoms with E-state index in [9.17, 15) is 4.79 Å². The Morgan fingerprint density at radius 2 is 1.54 bits per heavy atom. The van der Waals surface area contributed by atoms with E-state index in [1.54, 1.807) is 6.92 Å². The normalized spacial score (nSPS) is 13.8. The van der Waals surface area contributed by atoms with Crippen LogP contribution < -0.4 is 10.1 Å². The molecule has 0 aliphatic heterocycles.